The van der Waals surface area contributed by atoms with Gasteiger partial charge in [-0.1, -0.05) is 42.8 Å². The fraction of sp³-hybridized carbons (Fsp3) is 0.348. The van der Waals surface area contributed by atoms with E-state index in [4.69, 9.17) is 0 Å². The Morgan fingerprint density at radius 2 is 1.68 bits per heavy atom. The lowest BCUT2D eigenvalue weighted by atomic mass is 10.1. The molecule has 6 nitrogen and oxygen atoms in total. The van der Waals surface area contributed by atoms with Crippen LogP contribution >= 0.6 is 0 Å². The molecule has 1 atom stereocenters. The second-order valence-electron chi connectivity index (χ2n) is 7.82. The van der Waals surface area contributed by atoms with Gasteiger partial charge in [0, 0.05) is 44.4 Å². The monoisotopic (exact) mass is 429 g/mol. The fourth-order valence-corrected chi connectivity index (χ4v) is 3.39. The van der Waals surface area contributed by atoms with Crippen molar-refractivity contribution in [3.05, 3.63) is 70.8 Å². The van der Waals surface area contributed by atoms with Gasteiger partial charge in [0.15, 0.2) is 0 Å². The average Bonchev–Trinajstić information content (AvgIpc) is 2.74. The van der Waals surface area contributed by atoms with E-state index in [1.165, 1.54) is 15.9 Å². The summed E-state index contributed by atoms with van der Waals surface area (Å²) < 4.78 is 26.7. The second-order valence-corrected chi connectivity index (χ2v) is 7.82. The summed E-state index contributed by atoms with van der Waals surface area (Å²) in [6.07, 6.45) is 0. The maximum atomic E-state index is 13.7. The highest BCUT2D eigenvalue weighted by Crippen LogP contribution is 2.14. The molecule has 31 heavy (non-hydrogen) atoms. The van der Waals surface area contributed by atoms with Crippen molar-refractivity contribution in [2.45, 2.75) is 26.9 Å². The van der Waals surface area contributed by atoms with E-state index in [0.717, 1.165) is 23.3 Å². The first-order valence-corrected chi connectivity index (χ1v) is 10.1. The third kappa shape index (κ3) is 5.65. The molecule has 1 heterocycles. The molecule has 3 amide bonds. The summed E-state index contributed by atoms with van der Waals surface area (Å²) in [7, 11) is 0. The van der Waals surface area contributed by atoms with Crippen LogP contribution in [0.25, 0.3) is 0 Å². The number of benzene rings is 2. The molecule has 0 aliphatic carbocycles. The van der Waals surface area contributed by atoms with Crippen LogP contribution < -0.4 is 5.32 Å². The quantitative estimate of drug-likeness (QED) is 0.688. The van der Waals surface area contributed by atoms with Crippen LogP contribution in [-0.2, 0) is 27.5 Å². The minimum absolute atomic E-state index is 0.0840. The number of amides is 3. The zero-order chi connectivity index (χ0) is 22.5. The Kier molecular flexibility index (Phi) is 6.99. The maximum absolute atomic E-state index is 13.7. The van der Waals surface area contributed by atoms with Crippen LogP contribution in [-0.4, -0.2) is 47.2 Å². The lowest BCUT2D eigenvalue weighted by Crippen LogP contribution is -2.55. The van der Waals surface area contributed by atoms with Gasteiger partial charge in [-0.25, -0.2) is 8.78 Å². The Bertz CT molecular complexity index is 979. The molecule has 3 rings (SSSR count). The number of nitrogens with zero attached hydrogens (tertiary/aromatic N) is 2. The summed E-state index contributed by atoms with van der Waals surface area (Å²) in [5.41, 5.74) is 2.23. The summed E-state index contributed by atoms with van der Waals surface area (Å²) in [4.78, 5) is 40.2. The molecule has 0 saturated carbocycles. The largest absolute Gasteiger partial charge is 0.352 e. The van der Waals surface area contributed by atoms with Crippen LogP contribution in [0.2, 0.25) is 0 Å². The smallest absolute Gasteiger partial charge is 0.312 e. The number of halogens is 2. The molecule has 1 aliphatic heterocycles. The van der Waals surface area contributed by atoms with Crippen molar-refractivity contribution in [1.29, 1.82) is 0 Å². The molecule has 2 aromatic carbocycles. The van der Waals surface area contributed by atoms with Gasteiger partial charge in [0.25, 0.3) is 0 Å². The molecule has 0 unspecified atom stereocenters. The summed E-state index contributed by atoms with van der Waals surface area (Å²) in [6, 6.07) is 10.9. The normalized spacial score (nSPS) is 15.2. The van der Waals surface area contributed by atoms with Gasteiger partial charge >= 0.3 is 11.8 Å². The number of carbonyl (C=O) groups is 3. The predicted octanol–water partition coefficient (Wildman–Crippen LogP) is 2.40. The van der Waals surface area contributed by atoms with Crippen LogP contribution in [0.5, 0.6) is 0 Å². The number of piperazine rings is 1. The number of aryl methyl sites for hydroxylation is 1. The van der Waals surface area contributed by atoms with Crippen LogP contribution in [0.15, 0.2) is 42.5 Å². The molecule has 8 heteroatoms. The number of hydrogen-bond donors (Lipinski definition) is 1. The second kappa shape index (κ2) is 9.68. The van der Waals surface area contributed by atoms with E-state index >= 15 is 0 Å². The van der Waals surface area contributed by atoms with Crippen molar-refractivity contribution < 1.29 is 23.2 Å². The van der Waals surface area contributed by atoms with Crippen molar-refractivity contribution in [3.8, 4) is 0 Å². The molecular formula is C23H25F2N3O3. The van der Waals surface area contributed by atoms with Crippen LogP contribution in [0, 0.1) is 24.5 Å². The van der Waals surface area contributed by atoms with Crippen LogP contribution in [0.4, 0.5) is 8.78 Å². The number of carbonyl (C=O) groups excluding carboxylic acids is 3. The molecule has 1 fully saturated rings. The molecule has 0 radical (unpaired) electrons. The standard InChI is InChI=1S/C23H25F2N3O3/c1-15-3-5-17(6-4-15)14-28-10-9-27(22(30)23(28)31)13-16(2)21(29)26-12-18-7-8-19(24)11-20(18)25/h3-8,11,16H,9-10,12-14H2,1-2H3,(H,26,29)/t16-/m0/s1. The maximum Gasteiger partial charge on any atom is 0.312 e. The van der Waals surface area contributed by atoms with Gasteiger partial charge in [0.1, 0.15) is 11.6 Å². The molecule has 0 bridgehead atoms. The zero-order valence-electron chi connectivity index (χ0n) is 17.5. The van der Waals surface area contributed by atoms with E-state index in [1.807, 2.05) is 31.2 Å². The lowest BCUT2D eigenvalue weighted by Gasteiger charge is -2.34. The Morgan fingerprint density at radius 1 is 1.03 bits per heavy atom. The molecule has 1 N–H and O–H groups in total. The number of rotatable bonds is 7. The Labute approximate surface area is 179 Å². The highest BCUT2D eigenvalue weighted by molar-refractivity contribution is 6.35. The van der Waals surface area contributed by atoms with Crippen LogP contribution in [0.3, 0.4) is 0 Å². The summed E-state index contributed by atoms with van der Waals surface area (Å²) in [6.45, 7) is 4.68. The topological polar surface area (TPSA) is 69.7 Å². The number of hydrogen-bond acceptors (Lipinski definition) is 3. The Balaban J connectivity index is 1.51. The van der Waals surface area contributed by atoms with Crippen molar-refractivity contribution in [2.75, 3.05) is 19.6 Å². The summed E-state index contributed by atoms with van der Waals surface area (Å²) in [5, 5.41) is 2.59. The van der Waals surface area contributed by atoms with E-state index < -0.39 is 29.4 Å². The van der Waals surface area contributed by atoms with E-state index in [9.17, 15) is 23.2 Å². The molecule has 1 aliphatic rings. The molecular weight excluding hydrogens is 404 g/mol. The van der Waals surface area contributed by atoms with Gasteiger partial charge in [-0.15, -0.1) is 0 Å². The third-order valence-corrected chi connectivity index (χ3v) is 5.30. The first-order chi connectivity index (χ1) is 14.7. The zero-order valence-corrected chi connectivity index (χ0v) is 17.5. The minimum Gasteiger partial charge on any atom is -0.352 e. The molecule has 2 aromatic rings. The lowest BCUT2D eigenvalue weighted by molar-refractivity contribution is -0.157. The van der Waals surface area contributed by atoms with E-state index in [-0.39, 0.29) is 24.6 Å². The summed E-state index contributed by atoms with van der Waals surface area (Å²) >= 11 is 0. The molecule has 164 valence electrons. The Hall–Kier alpha value is -3.29. The Morgan fingerprint density at radius 3 is 2.35 bits per heavy atom. The van der Waals surface area contributed by atoms with Gasteiger partial charge in [-0.3, -0.25) is 14.4 Å². The van der Waals surface area contributed by atoms with Crippen molar-refractivity contribution in [2.24, 2.45) is 5.92 Å². The van der Waals surface area contributed by atoms with Crippen molar-refractivity contribution in [1.82, 2.24) is 15.1 Å². The number of nitrogens with one attached hydrogen (secondary N) is 1. The van der Waals surface area contributed by atoms with Gasteiger partial charge in [0.05, 0.1) is 5.92 Å². The van der Waals surface area contributed by atoms with Crippen LogP contribution in [0.1, 0.15) is 23.6 Å². The summed E-state index contributed by atoms with van der Waals surface area (Å²) in [5.74, 6) is -3.63. The van der Waals surface area contributed by atoms with Gasteiger partial charge in [-0.05, 0) is 18.6 Å². The highest BCUT2D eigenvalue weighted by atomic mass is 19.1. The molecule has 1 saturated heterocycles. The van der Waals surface area contributed by atoms with E-state index in [0.29, 0.717) is 19.6 Å². The van der Waals surface area contributed by atoms with E-state index in [2.05, 4.69) is 5.32 Å². The SMILES string of the molecule is Cc1ccc(CN2CCN(C[C@H](C)C(=O)NCc3ccc(F)cc3F)C(=O)C2=O)cc1. The van der Waals surface area contributed by atoms with Gasteiger partial charge in [0.2, 0.25) is 5.91 Å². The van der Waals surface area contributed by atoms with Gasteiger partial charge in [-0.2, -0.15) is 0 Å². The van der Waals surface area contributed by atoms with Crippen molar-refractivity contribution >= 4 is 17.7 Å². The fourth-order valence-electron chi connectivity index (χ4n) is 3.39. The van der Waals surface area contributed by atoms with Crippen molar-refractivity contribution in [3.63, 3.8) is 0 Å². The third-order valence-electron chi connectivity index (χ3n) is 5.30. The minimum atomic E-state index is -0.738. The first-order valence-electron chi connectivity index (χ1n) is 10.1. The molecule has 0 aromatic heterocycles. The highest BCUT2D eigenvalue weighted by Gasteiger charge is 2.33. The predicted molar refractivity (Wildman–Crippen MR) is 111 cm³/mol. The first kappa shape index (κ1) is 22.4. The van der Waals surface area contributed by atoms with Gasteiger partial charge < -0.3 is 15.1 Å². The average molecular weight is 429 g/mol. The van der Waals surface area contributed by atoms with E-state index in [1.54, 1.807) is 6.92 Å². The molecule has 0 spiro atoms.